The number of para-hydroxylation sites is 1. The summed E-state index contributed by atoms with van der Waals surface area (Å²) in [6, 6.07) is 5.96. The third-order valence-corrected chi connectivity index (χ3v) is 4.68. The molecule has 1 aliphatic heterocycles. The Labute approximate surface area is 158 Å². The van der Waals surface area contributed by atoms with Gasteiger partial charge in [0.15, 0.2) is 5.96 Å². The molecule has 2 unspecified atom stereocenters. The van der Waals surface area contributed by atoms with Gasteiger partial charge in [-0.3, -0.25) is 9.67 Å². The summed E-state index contributed by atoms with van der Waals surface area (Å²) in [4.78, 5) is 6.00. The first kappa shape index (κ1) is 19.1. The van der Waals surface area contributed by atoms with Gasteiger partial charge in [-0.05, 0) is 30.5 Å². The molecular weight excluding hydrogens is 350 g/mol. The van der Waals surface area contributed by atoms with Crippen molar-refractivity contribution in [1.82, 2.24) is 20.4 Å². The minimum atomic E-state index is -0.523. The first-order chi connectivity index (χ1) is 13.1. The summed E-state index contributed by atoms with van der Waals surface area (Å²) in [5, 5.41) is 10.9. The SMILES string of the molecule is CN=C(NCC(C)Cn1cccn1)NC1CCN(c2c(F)cccc2F)C1. The van der Waals surface area contributed by atoms with Gasteiger partial charge in [0.2, 0.25) is 0 Å². The van der Waals surface area contributed by atoms with Crippen molar-refractivity contribution in [3.05, 3.63) is 48.3 Å². The quantitative estimate of drug-likeness (QED) is 0.600. The molecule has 0 saturated carbocycles. The van der Waals surface area contributed by atoms with E-state index in [4.69, 9.17) is 0 Å². The second kappa shape index (κ2) is 8.83. The number of hydrogen-bond acceptors (Lipinski definition) is 3. The van der Waals surface area contributed by atoms with Crippen molar-refractivity contribution in [2.24, 2.45) is 10.9 Å². The average Bonchev–Trinajstić information content (AvgIpc) is 3.30. The van der Waals surface area contributed by atoms with Crippen molar-refractivity contribution in [2.45, 2.75) is 25.9 Å². The number of hydrogen-bond donors (Lipinski definition) is 2. The molecule has 6 nitrogen and oxygen atoms in total. The van der Waals surface area contributed by atoms with E-state index < -0.39 is 11.6 Å². The van der Waals surface area contributed by atoms with Gasteiger partial charge in [-0.15, -0.1) is 0 Å². The highest BCUT2D eigenvalue weighted by Gasteiger charge is 2.27. The molecule has 1 fully saturated rings. The Morgan fingerprint density at radius 2 is 2.11 bits per heavy atom. The van der Waals surface area contributed by atoms with E-state index in [0.717, 1.165) is 19.5 Å². The standard InChI is InChI=1S/C19H26F2N6/c1-14(12-27-9-4-8-24-27)11-23-19(22-2)25-15-7-10-26(13-15)18-16(20)5-3-6-17(18)21/h3-6,8-9,14-15H,7,10-13H2,1-2H3,(H2,22,23,25). The molecule has 8 heteroatoms. The zero-order valence-electron chi connectivity index (χ0n) is 15.7. The predicted molar refractivity (Wildman–Crippen MR) is 103 cm³/mol. The zero-order chi connectivity index (χ0) is 19.2. The van der Waals surface area contributed by atoms with Crippen LogP contribution in [0.25, 0.3) is 0 Å². The van der Waals surface area contributed by atoms with Gasteiger partial charge >= 0.3 is 0 Å². The monoisotopic (exact) mass is 376 g/mol. The second-order valence-corrected chi connectivity index (χ2v) is 6.93. The molecule has 2 atom stereocenters. The van der Waals surface area contributed by atoms with Gasteiger partial charge in [-0.2, -0.15) is 5.10 Å². The van der Waals surface area contributed by atoms with Crippen LogP contribution in [0.1, 0.15) is 13.3 Å². The maximum absolute atomic E-state index is 14.0. The summed E-state index contributed by atoms with van der Waals surface area (Å²) < 4.78 is 29.9. The molecule has 1 aromatic heterocycles. The molecule has 146 valence electrons. The largest absolute Gasteiger partial charge is 0.365 e. The van der Waals surface area contributed by atoms with Crippen molar-refractivity contribution in [1.29, 1.82) is 0 Å². The van der Waals surface area contributed by atoms with Crippen molar-refractivity contribution in [3.8, 4) is 0 Å². The fraction of sp³-hybridized carbons (Fsp3) is 0.474. The van der Waals surface area contributed by atoms with Gasteiger partial charge in [0.25, 0.3) is 0 Å². The first-order valence-corrected chi connectivity index (χ1v) is 9.20. The minimum Gasteiger partial charge on any atom is -0.365 e. The molecule has 0 aliphatic carbocycles. The highest BCUT2D eigenvalue weighted by molar-refractivity contribution is 5.80. The maximum Gasteiger partial charge on any atom is 0.191 e. The lowest BCUT2D eigenvalue weighted by Gasteiger charge is -2.22. The minimum absolute atomic E-state index is 0.0533. The molecule has 0 bridgehead atoms. The molecule has 0 radical (unpaired) electrons. The Hall–Kier alpha value is -2.64. The zero-order valence-corrected chi connectivity index (χ0v) is 15.7. The van der Waals surface area contributed by atoms with Gasteiger partial charge < -0.3 is 15.5 Å². The summed E-state index contributed by atoms with van der Waals surface area (Å²) in [7, 11) is 1.72. The van der Waals surface area contributed by atoms with Crippen LogP contribution in [-0.2, 0) is 6.54 Å². The van der Waals surface area contributed by atoms with Gasteiger partial charge in [0.1, 0.15) is 17.3 Å². The van der Waals surface area contributed by atoms with E-state index in [0.29, 0.717) is 25.0 Å². The number of rotatable bonds is 6. The van der Waals surface area contributed by atoms with Crippen LogP contribution in [0.3, 0.4) is 0 Å². The number of anilines is 1. The van der Waals surface area contributed by atoms with Crippen LogP contribution in [0.2, 0.25) is 0 Å². The normalized spacial score (nSPS) is 18.6. The van der Waals surface area contributed by atoms with E-state index in [1.165, 1.54) is 18.2 Å². The van der Waals surface area contributed by atoms with Crippen LogP contribution < -0.4 is 15.5 Å². The Bertz CT molecular complexity index is 741. The Kier molecular flexibility index (Phi) is 6.26. The molecule has 1 saturated heterocycles. The Morgan fingerprint density at radius 1 is 1.33 bits per heavy atom. The number of nitrogens with one attached hydrogen (secondary N) is 2. The van der Waals surface area contributed by atoms with Crippen molar-refractivity contribution >= 4 is 11.6 Å². The van der Waals surface area contributed by atoms with Gasteiger partial charge in [0, 0.05) is 51.7 Å². The maximum atomic E-state index is 14.0. The molecule has 2 heterocycles. The highest BCUT2D eigenvalue weighted by atomic mass is 19.1. The first-order valence-electron chi connectivity index (χ1n) is 9.20. The van der Waals surface area contributed by atoms with Crippen LogP contribution in [0, 0.1) is 17.6 Å². The number of aromatic nitrogens is 2. The molecule has 0 spiro atoms. The summed E-state index contributed by atoms with van der Waals surface area (Å²) in [5.41, 5.74) is 0.0533. The number of nitrogens with zero attached hydrogens (tertiary/aromatic N) is 4. The fourth-order valence-electron chi connectivity index (χ4n) is 3.32. The van der Waals surface area contributed by atoms with Crippen LogP contribution in [0.15, 0.2) is 41.7 Å². The molecule has 2 aromatic rings. The lowest BCUT2D eigenvalue weighted by Crippen LogP contribution is -2.46. The van der Waals surface area contributed by atoms with E-state index in [1.807, 2.05) is 16.9 Å². The lowest BCUT2D eigenvalue weighted by atomic mass is 10.2. The van der Waals surface area contributed by atoms with Gasteiger partial charge in [-0.25, -0.2) is 8.78 Å². The van der Waals surface area contributed by atoms with Crippen molar-refractivity contribution < 1.29 is 8.78 Å². The third kappa shape index (κ3) is 4.96. The van der Waals surface area contributed by atoms with Gasteiger partial charge in [-0.1, -0.05) is 13.0 Å². The molecule has 3 rings (SSSR count). The molecule has 1 aliphatic rings. The third-order valence-electron chi connectivity index (χ3n) is 4.68. The molecule has 2 N–H and O–H groups in total. The van der Waals surface area contributed by atoms with Crippen molar-refractivity contribution in [3.63, 3.8) is 0 Å². The molecular formula is C19H26F2N6. The Balaban J connectivity index is 1.49. The summed E-state index contributed by atoms with van der Waals surface area (Å²) in [5.74, 6) is 0.0235. The molecule has 0 amide bonds. The van der Waals surface area contributed by atoms with E-state index in [-0.39, 0.29) is 11.7 Å². The van der Waals surface area contributed by atoms with Crippen LogP contribution in [0.5, 0.6) is 0 Å². The van der Waals surface area contributed by atoms with Crippen LogP contribution in [0.4, 0.5) is 14.5 Å². The van der Waals surface area contributed by atoms with E-state index in [2.05, 4.69) is 27.6 Å². The second-order valence-electron chi connectivity index (χ2n) is 6.93. The van der Waals surface area contributed by atoms with E-state index in [1.54, 1.807) is 18.1 Å². The van der Waals surface area contributed by atoms with Crippen molar-refractivity contribution in [2.75, 3.05) is 31.6 Å². The number of halogens is 2. The number of benzene rings is 1. The van der Waals surface area contributed by atoms with E-state index >= 15 is 0 Å². The highest BCUT2D eigenvalue weighted by Crippen LogP contribution is 2.26. The summed E-state index contributed by atoms with van der Waals surface area (Å²) >= 11 is 0. The smallest absolute Gasteiger partial charge is 0.191 e. The molecule has 27 heavy (non-hydrogen) atoms. The average molecular weight is 376 g/mol. The summed E-state index contributed by atoms with van der Waals surface area (Å²) in [6.07, 6.45) is 4.50. The topological polar surface area (TPSA) is 57.5 Å². The number of aliphatic imine (C=N–C) groups is 1. The van der Waals surface area contributed by atoms with E-state index in [9.17, 15) is 8.78 Å². The fourth-order valence-corrected chi connectivity index (χ4v) is 3.32. The lowest BCUT2D eigenvalue weighted by molar-refractivity contribution is 0.442. The van der Waals surface area contributed by atoms with Gasteiger partial charge in [0.05, 0.1) is 0 Å². The molecule has 1 aromatic carbocycles. The van der Waals surface area contributed by atoms with Crippen LogP contribution in [-0.4, -0.2) is 48.5 Å². The number of guanidine groups is 1. The Morgan fingerprint density at radius 3 is 2.78 bits per heavy atom. The predicted octanol–water partition coefficient (Wildman–Crippen LogP) is 2.24. The summed E-state index contributed by atoms with van der Waals surface area (Å²) in [6.45, 7) is 4.84. The van der Waals surface area contributed by atoms with Crippen LogP contribution >= 0.6 is 0 Å².